The van der Waals surface area contributed by atoms with Crippen LogP contribution in [0.5, 0.6) is 0 Å². The second kappa shape index (κ2) is 10.4. The predicted octanol–water partition coefficient (Wildman–Crippen LogP) is 6.25. The molecule has 0 radical (unpaired) electrons. The Morgan fingerprint density at radius 3 is 1.40 bits per heavy atom. The standard InChI is InChI=1S/C26H30BrO2P/c27-30(23-15-7-4-8-16-23,24-17-9-5-10-18-24,25-19-11-6-12-20-25)22-14-3-1-2-13-21-26(28)29/h4-12,15-20H,1-3,13-14,21-22H2,(H,28,29). The molecule has 3 aromatic carbocycles. The SMILES string of the molecule is O=C(O)CCCCCCCP(Br)(c1ccccc1)(c1ccccc1)c1ccccc1. The minimum absolute atomic E-state index is 0.274. The first-order valence-electron chi connectivity index (χ1n) is 10.7. The first-order chi connectivity index (χ1) is 14.6. The van der Waals surface area contributed by atoms with Crippen LogP contribution in [0.25, 0.3) is 0 Å². The normalized spacial score (nSPS) is 12.8. The summed E-state index contributed by atoms with van der Waals surface area (Å²) >= 11 is 4.47. The van der Waals surface area contributed by atoms with Gasteiger partial charge in [0.2, 0.25) is 0 Å². The van der Waals surface area contributed by atoms with Gasteiger partial charge in [-0.1, -0.05) is 0 Å². The molecule has 0 heterocycles. The van der Waals surface area contributed by atoms with Gasteiger partial charge < -0.3 is 0 Å². The van der Waals surface area contributed by atoms with Gasteiger partial charge in [0.15, 0.2) is 0 Å². The summed E-state index contributed by atoms with van der Waals surface area (Å²) in [7, 11) is 0. The van der Waals surface area contributed by atoms with Crippen molar-refractivity contribution in [2.45, 2.75) is 38.5 Å². The summed E-state index contributed by atoms with van der Waals surface area (Å²) in [5.74, 6) is -0.697. The third-order valence-corrected chi connectivity index (χ3v) is 15.9. The fourth-order valence-electron chi connectivity index (χ4n) is 4.27. The molecule has 0 spiro atoms. The van der Waals surface area contributed by atoms with Crippen molar-refractivity contribution in [3.8, 4) is 0 Å². The van der Waals surface area contributed by atoms with Crippen LogP contribution in [0.1, 0.15) is 38.5 Å². The van der Waals surface area contributed by atoms with E-state index in [0.717, 1.165) is 38.3 Å². The Balaban J connectivity index is 1.95. The molecule has 2 nitrogen and oxygen atoms in total. The molecule has 0 saturated heterocycles. The van der Waals surface area contributed by atoms with Crippen LogP contribution < -0.4 is 15.9 Å². The van der Waals surface area contributed by atoms with E-state index in [4.69, 9.17) is 5.11 Å². The third-order valence-electron chi connectivity index (χ3n) is 5.85. The molecule has 0 aliphatic rings. The van der Waals surface area contributed by atoms with Gasteiger partial charge in [0.05, 0.1) is 0 Å². The molecular weight excluding hydrogens is 455 g/mol. The van der Waals surface area contributed by atoms with Gasteiger partial charge in [0.1, 0.15) is 0 Å². The second-order valence-corrected chi connectivity index (χ2v) is 16.9. The van der Waals surface area contributed by atoms with E-state index in [0.29, 0.717) is 0 Å². The zero-order chi connectivity index (χ0) is 21.3. The fourth-order valence-corrected chi connectivity index (χ4v) is 12.0. The first-order valence-corrected chi connectivity index (χ1v) is 15.1. The zero-order valence-corrected chi connectivity index (χ0v) is 19.8. The summed E-state index contributed by atoms with van der Waals surface area (Å²) in [6.45, 7) is 0. The molecule has 0 amide bonds. The molecule has 158 valence electrons. The zero-order valence-electron chi connectivity index (χ0n) is 17.3. The number of carboxylic acids is 1. The van der Waals surface area contributed by atoms with Gasteiger partial charge in [-0.15, -0.1) is 0 Å². The number of aliphatic carboxylic acids is 1. The second-order valence-electron chi connectivity index (χ2n) is 7.82. The number of hydrogen-bond acceptors (Lipinski definition) is 1. The van der Waals surface area contributed by atoms with Crippen molar-refractivity contribution in [3.05, 3.63) is 91.0 Å². The van der Waals surface area contributed by atoms with Crippen molar-refractivity contribution in [2.75, 3.05) is 6.16 Å². The van der Waals surface area contributed by atoms with Crippen LogP contribution in [0.3, 0.4) is 0 Å². The van der Waals surface area contributed by atoms with E-state index < -0.39 is 11.3 Å². The maximum absolute atomic E-state index is 10.7. The molecule has 3 rings (SSSR count). The Bertz CT molecular complexity index is 830. The Labute approximate surface area is 188 Å². The van der Waals surface area contributed by atoms with Gasteiger partial charge in [-0.05, 0) is 0 Å². The molecular formula is C26H30BrO2P. The van der Waals surface area contributed by atoms with E-state index >= 15 is 0 Å². The van der Waals surface area contributed by atoms with E-state index in [1.54, 1.807) is 0 Å². The summed E-state index contributed by atoms with van der Waals surface area (Å²) in [6.07, 6.45) is 6.34. The van der Waals surface area contributed by atoms with Crippen LogP contribution in [-0.4, -0.2) is 17.2 Å². The molecule has 0 saturated carbocycles. The van der Waals surface area contributed by atoms with E-state index in [1.807, 2.05) is 0 Å². The van der Waals surface area contributed by atoms with Crippen molar-refractivity contribution >= 4 is 42.7 Å². The van der Waals surface area contributed by atoms with Crippen LogP contribution in [-0.2, 0) is 4.79 Å². The Kier molecular flexibility index (Phi) is 7.86. The van der Waals surface area contributed by atoms with Crippen LogP contribution in [0.15, 0.2) is 91.0 Å². The molecule has 0 unspecified atom stereocenters. The molecule has 30 heavy (non-hydrogen) atoms. The molecule has 0 aliphatic heterocycles. The molecule has 0 bridgehead atoms. The fraction of sp³-hybridized carbons (Fsp3) is 0.269. The number of hydrogen-bond donors (Lipinski definition) is 1. The molecule has 1 N–H and O–H groups in total. The maximum atomic E-state index is 10.7. The van der Waals surface area contributed by atoms with Crippen molar-refractivity contribution in [2.24, 2.45) is 0 Å². The summed E-state index contributed by atoms with van der Waals surface area (Å²) in [4.78, 5) is 10.7. The summed E-state index contributed by atoms with van der Waals surface area (Å²) in [5.41, 5.74) is 0. The van der Waals surface area contributed by atoms with E-state index in [-0.39, 0.29) is 6.42 Å². The molecule has 0 aliphatic carbocycles. The van der Waals surface area contributed by atoms with E-state index in [2.05, 4.69) is 106 Å². The van der Waals surface area contributed by atoms with Crippen molar-refractivity contribution < 1.29 is 9.90 Å². The van der Waals surface area contributed by atoms with E-state index in [9.17, 15) is 4.79 Å². The Morgan fingerprint density at radius 1 is 0.633 bits per heavy atom. The summed E-state index contributed by atoms with van der Waals surface area (Å²) in [5, 5.41) is 10.1. The number of rotatable bonds is 11. The first kappa shape index (κ1) is 22.7. The number of carboxylic acid groups (broad SMARTS) is 1. The molecule has 0 atom stereocenters. The van der Waals surface area contributed by atoms with Gasteiger partial charge in [-0.3, -0.25) is 0 Å². The number of benzene rings is 3. The third kappa shape index (κ3) is 4.85. The van der Waals surface area contributed by atoms with Crippen LogP contribution in [0.4, 0.5) is 0 Å². The van der Waals surface area contributed by atoms with Crippen LogP contribution >= 0.6 is 20.8 Å². The molecule has 3 aromatic rings. The summed E-state index contributed by atoms with van der Waals surface area (Å²) < 4.78 is 0. The molecule has 4 heteroatoms. The Hall–Kier alpha value is -1.96. The number of unbranched alkanes of at least 4 members (excludes halogenated alkanes) is 4. The van der Waals surface area contributed by atoms with Crippen molar-refractivity contribution in [1.82, 2.24) is 0 Å². The van der Waals surface area contributed by atoms with Gasteiger partial charge in [0, 0.05) is 0 Å². The van der Waals surface area contributed by atoms with Gasteiger partial charge in [-0.2, -0.15) is 0 Å². The molecule has 0 aromatic heterocycles. The van der Waals surface area contributed by atoms with Gasteiger partial charge in [0.25, 0.3) is 0 Å². The number of halogens is 1. The predicted molar refractivity (Wildman–Crippen MR) is 134 cm³/mol. The molecule has 0 fully saturated rings. The average molecular weight is 485 g/mol. The quantitative estimate of drug-likeness (QED) is 0.258. The van der Waals surface area contributed by atoms with Crippen molar-refractivity contribution in [3.63, 3.8) is 0 Å². The topological polar surface area (TPSA) is 37.3 Å². The number of carbonyl (C=O) groups is 1. The van der Waals surface area contributed by atoms with Gasteiger partial charge >= 0.3 is 188 Å². The average Bonchev–Trinajstić information content (AvgIpc) is 2.80. The van der Waals surface area contributed by atoms with Crippen LogP contribution in [0.2, 0.25) is 0 Å². The minimum atomic E-state index is -2.80. The van der Waals surface area contributed by atoms with E-state index in [1.165, 1.54) is 15.9 Å². The van der Waals surface area contributed by atoms with Crippen LogP contribution in [0, 0.1) is 0 Å². The monoisotopic (exact) mass is 484 g/mol. The Morgan fingerprint density at radius 2 is 1.00 bits per heavy atom. The summed E-state index contributed by atoms with van der Waals surface area (Å²) in [6, 6.07) is 32.6. The van der Waals surface area contributed by atoms with Gasteiger partial charge in [-0.25, -0.2) is 0 Å². The van der Waals surface area contributed by atoms with Crippen molar-refractivity contribution in [1.29, 1.82) is 0 Å².